The van der Waals surface area contributed by atoms with Crippen LogP contribution in [0, 0.1) is 5.92 Å². The third-order valence-corrected chi connectivity index (χ3v) is 2.08. The van der Waals surface area contributed by atoms with Crippen molar-refractivity contribution in [1.29, 1.82) is 0 Å². The zero-order chi connectivity index (χ0) is 8.97. The maximum Gasteiger partial charge on any atom is 0.132 e. The fourth-order valence-electron chi connectivity index (χ4n) is 1.11. The summed E-state index contributed by atoms with van der Waals surface area (Å²) in [4.78, 5) is 10.9. The minimum Gasteiger partial charge on any atom is -0.300 e. The lowest BCUT2D eigenvalue weighted by Gasteiger charge is -2.06. The molecule has 0 heterocycles. The van der Waals surface area contributed by atoms with Crippen molar-refractivity contribution >= 4 is 5.78 Å². The van der Waals surface area contributed by atoms with E-state index in [1.165, 1.54) is 5.56 Å². The molecule has 0 saturated heterocycles. The lowest BCUT2D eigenvalue weighted by molar-refractivity contribution is -0.120. The highest BCUT2D eigenvalue weighted by Crippen LogP contribution is 2.08. The molecule has 1 aromatic carbocycles. The Morgan fingerprint density at radius 1 is 1.33 bits per heavy atom. The van der Waals surface area contributed by atoms with E-state index in [-0.39, 0.29) is 11.7 Å². The van der Waals surface area contributed by atoms with Crippen LogP contribution in [-0.4, -0.2) is 5.78 Å². The molecule has 1 rings (SSSR count). The monoisotopic (exact) mass is 162 g/mol. The van der Waals surface area contributed by atoms with Gasteiger partial charge in [0, 0.05) is 5.92 Å². The Morgan fingerprint density at radius 2 is 1.92 bits per heavy atom. The predicted octanol–water partition coefficient (Wildman–Crippen LogP) is 2.45. The van der Waals surface area contributed by atoms with Crippen molar-refractivity contribution in [2.75, 3.05) is 0 Å². The van der Waals surface area contributed by atoms with Crippen LogP contribution in [0.25, 0.3) is 0 Å². The van der Waals surface area contributed by atoms with Crippen molar-refractivity contribution in [2.24, 2.45) is 5.92 Å². The number of carbonyl (C=O) groups excluding carboxylic acids is 1. The minimum absolute atomic E-state index is 0.146. The highest BCUT2D eigenvalue weighted by Gasteiger charge is 2.07. The Hall–Kier alpha value is -1.11. The maximum absolute atomic E-state index is 10.9. The van der Waals surface area contributed by atoms with Crippen LogP contribution in [-0.2, 0) is 11.2 Å². The number of rotatable bonds is 3. The van der Waals surface area contributed by atoms with Gasteiger partial charge in [-0.1, -0.05) is 37.3 Å². The van der Waals surface area contributed by atoms with Crippen molar-refractivity contribution in [3.8, 4) is 0 Å². The fourth-order valence-corrected chi connectivity index (χ4v) is 1.11. The first-order valence-electron chi connectivity index (χ1n) is 4.24. The van der Waals surface area contributed by atoms with Gasteiger partial charge in [0.1, 0.15) is 5.78 Å². The van der Waals surface area contributed by atoms with Crippen LogP contribution in [0.2, 0.25) is 0 Å². The zero-order valence-corrected chi connectivity index (χ0v) is 7.58. The summed E-state index contributed by atoms with van der Waals surface area (Å²) in [5.74, 6) is 0.409. The van der Waals surface area contributed by atoms with Crippen LogP contribution in [0.3, 0.4) is 0 Å². The molecule has 12 heavy (non-hydrogen) atoms. The summed E-state index contributed by atoms with van der Waals surface area (Å²) in [6.45, 7) is 3.61. The minimum atomic E-state index is 0.146. The quantitative estimate of drug-likeness (QED) is 0.667. The molecule has 1 aromatic rings. The largest absolute Gasteiger partial charge is 0.300 e. The second-order valence-electron chi connectivity index (χ2n) is 3.20. The molecule has 0 fully saturated rings. The van der Waals surface area contributed by atoms with Gasteiger partial charge in [-0.15, -0.1) is 0 Å². The molecule has 0 radical (unpaired) electrons. The fraction of sp³-hybridized carbons (Fsp3) is 0.364. The second-order valence-corrected chi connectivity index (χ2v) is 3.20. The van der Waals surface area contributed by atoms with Crippen LogP contribution < -0.4 is 0 Å². The van der Waals surface area contributed by atoms with Crippen LogP contribution in [0.1, 0.15) is 19.4 Å². The summed E-state index contributed by atoms with van der Waals surface area (Å²) in [5, 5.41) is 0. The van der Waals surface area contributed by atoms with Gasteiger partial charge in [-0.05, 0) is 18.9 Å². The Labute approximate surface area is 73.4 Å². The van der Waals surface area contributed by atoms with E-state index in [2.05, 4.69) is 12.1 Å². The van der Waals surface area contributed by atoms with E-state index in [4.69, 9.17) is 0 Å². The van der Waals surface area contributed by atoms with E-state index >= 15 is 0 Å². The molecule has 0 bridgehead atoms. The Kier molecular flexibility index (Phi) is 3.03. The van der Waals surface area contributed by atoms with Crippen molar-refractivity contribution in [1.82, 2.24) is 0 Å². The summed E-state index contributed by atoms with van der Waals surface area (Å²) in [6.07, 6.45) is 0.857. The van der Waals surface area contributed by atoms with Gasteiger partial charge in [0.15, 0.2) is 0 Å². The van der Waals surface area contributed by atoms with E-state index < -0.39 is 0 Å². The summed E-state index contributed by atoms with van der Waals surface area (Å²) >= 11 is 0. The van der Waals surface area contributed by atoms with E-state index in [1.54, 1.807) is 6.92 Å². The molecular formula is C11H14O. The van der Waals surface area contributed by atoms with Gasteiger partial charge in [-0.3, -0.25) is 4.79 Å². The maximum atomic E-state index is 10.9. The highest BCUT2D eigenvalue weighted by atomic mass is 16.1. The lowest BCUT2D eigenvalue weighted by atomic mass is 9.98. The molecule has 1 nitrogen and oxygen atoms in total. The molecular weight excluding hydrogens is 148 g/mol. The number of hydrogen-bond donors (Lipinski definition) is 0. The van der Waals surface area contributed by atoms with Gasteiger partial charge in [0.05, 0.1) is 0 Å². The zero-order valence-electron chi connectivity index (χ0n) is 7.58. The van der Waals surface area contributed by atoms with Gasteiger partial charge in [0.2, 0.25) is 0 Å². The molecule has 0 aliphatic heterocycles. The van der Waals surface area contributed by atoms with Gasteiger partial charge < -0.3 is 0 Å². The molecule has 0 aromatic heterocycles. The number of Topliss-reactive ketones (excluding diaryl/α,β-unsaturated/α-hetero) is 1. The first-order chi connectivity index (χ1) is 5.70. The standard InChI is InChI=1S/C11H14O/c1-9(10(2)12)8-11-6-4-3-5-7-11/h3-7,9H,8H2,1-2H3/t9-/m1/s1. The summed E-state index contributed by atoms with van der Waals surface area (Å²) < 4.78 is 0. The molecule has 0 N–H and O–H groups in total. The lowest BCUT2D eigenvalue weighted by Crippen LogP contribution is -2.09. The molecule has 0 amide bonds. The molecule has 0 unspecified atom stereocenters. The molecule has 1 heteroatoms. The van der Waals surface area contributed by atoms with E-state index in [9.17, 15) is 4.79 Å². The summed E-state index contributed by atoms with van der Waals surface area (Å²) in [6, 6.07) is 10.1. The van der Waals surface area contributed by atoms with Gasteiger partial charge in [-0.25, -0.2) is 0 Å². The van der Waals surface area contributed by atoms with Crippen LogP contribution >= 0.6 is 0 Å². The third-order valence-electron chi connectivity index (χ3n) is 2.08. The first kappa shape index (κ1) is 8.98. The average molecular weight is 162 g/mol. The van der Waals surface area contributed by atoms with Crippen molar-refractivity contribution in [3.63, 3.8) is 0 Å². The Balaban J connectivity index is 2.58. The second kappa shape index (κ2) is 4.05. The van der Waals surface area contributed by atoms with Gasteiger partial charge >= 0.3 is 0 Å². The average Bonchev–Trinajstić information content (AvgIpc) is 2.06. The molecule has 1 atom stereocenters. The number of ketones is 1. The molecule has 0 aliphatic carbocycles. The molecule has 64 valence electrons. The number of hydrogen-bond acceptors (Lipinski definition) is 1. The first-order valence-corrected chi connectivity index (χ1v) is 4.24. The smallest absolute Gasteiger partial charge is 0.132 e. The normalized spacial score (nSPS) is 12.5. The van der Waals surface area contributed by atoms with E-state index in [0.717, 1.165) is 6.42 Å². The van der Waals surface area contributed by atoms with Crippen LogP contribution in [0.4, 0.5) is 0 Å². The van der Waals surface area contributed by atoms with Crippen LogP contribution in [0.15, 0.2) is 30.3 Å². The Bertz CT molecular complexity index is 251. The number of benzene rings is 1. The SMILES string of the molecule is CC(=O)[C@H](C)Cc1ccccc1. The predicted molar refractivity (Wildman–Crippen MR) is 50.0 cm³/mol. The highest BCUT2D eigenvalue weighted by molar-refractivity contribution is 5.78. The van der Waals surface area contributed by atoms with Crippen molar-refractivity contribution in [3.05, 3.63) is 35.9 Å². The van der Waals surface area contributed by atoms with Crippen molar-refractivity contribution in [2.45, 2.75) is 20.3 Å². The van der Waals surface area contributed by atoms with E-state index in [1.807, 2.05) is 25.1 Å². The summed E-state index contributed by atoms with van der Waals surface area (Å²) in [7, 11) is 0. The van der Waals surface area contributed by atoms with E-state index in [0.29, 0.717) is 0 Å². The van der Waals surface area contributed by atoms with Crippen LogP contribution in [0.5, 0.6) is 0 Å². The Morgan fingerprint density at radius 3 is 2.42 bits per heavy atom. The molecule has 0 saturated carbocycles. The number of carbonyl (C=O) groups is 1. The van der Waals surface area contributed by atoms with Gasteiger partial charge in [-0.2, -0.15) is 0 Å². The topological polar surface area (TPSA) is 17.1 Å². The third kappa shape index (κ3) is 2.50. The van der Waals surface area contributed by atoms with Crippen molar-refractivity contribution < 1.29 is 4.79 Å². The van der Waals surface area contributed by atoms with Gasteiger partial charge in [0.25, 0.3) is 0 Å². The molecule has 0 aliphatic rings. The molecule has 0 spiro atoms. The summed E-state index contributed by atoms with van der Waals surface area (Å²) in [5.41, 5.74) is 1.24.